The molecule has 1 aromatic heterocycles. The molecular formula is C18H19N3O3. The third-order valence-corrected chi connectivity index (χ3v) is 4.45. The summed E-state index contributed by atoms with van der Waals surface area (Å²) < 4.78 is 5.71. The lowest BCUT2D eigenvalue weighted by Gasteiger charge is -2.19. The smallest absolute Gasteiger partial charge is 0.339 e. The minimum atomic E-state index is -0.954. The highest BCUT2D eigenvalue weighted by molar-refractivity contribution is 5.91. The van der Waals surface area contributed by atoms with Gasteiger partial charge in [-0.3, -0.25) is 4.90 Å². The first-order chi connectivity index (χ1) is 11.7. The molecular weight excluding hydrogens is 306 g/mol. The van der Waals surface area contributed by atoms with Crippen molar-refractivity contribution in [3.8, 4) is 5.75 Å². The lowest BCUT2D eigenvalue weighted by Crippen LogP contribution is -2.25. The first kappa shape index (κ1) is 15.1. The first-order valence-corrected chi connectivity index (χ1v) is 8.22. The number of rotatable bonds is 4. The van der Waals surface area contributed by atoms with E-state index in [4.69, 9.17) is 4.74 Å². The molecule has 6 heteroatoms. The molecule has 2 aliphatic rings. The number of ether oxygens (including phenoxy) is 1. The van der Waals surface area contributed by atoms with Crippen molar-refractivity contribution in [1.82, 2.24) is 14.9 Å². The summed E-state index contributed by atoms with van der Waals surface area (Å²) in [5.41, 5.74) is 2.20. The van der Waals surface area contributed by atoms with Crippen LogP contribution >= 0.6 is 0 Å². The van der Waals surface area contributed by atoms with E-state index in [-0.39, 0.29) is 5.56 Å². The molecule has 4 rings (SSSR count). The number of hydrogen-bond acceptors (Lipinski definition) is 5. The molecule has 2 heterocycles. The number of aromatic carboxylic acids is 1. The Kier molecular flexibility index (Phi) is 3.90. The summed E-state index contributed by atoms with van der Waals surface area (Å²) in [5, 5.41) is 9.30. The molecule has 2 aromatic rings. The van der Waals surface area contributed by atoms with Crippen LogP contribution in [0.15, 0.2) is 30.6 Å². The van der Waals surface area contributed by atoms with Crippen LogP contribution in [0.1, 0.15) is 46.1 Å². The monoisotopic (exact) mass is 325 g/mol. The number of carboxylic acids is 1. The molecule has 0 saturated heterocycles. The first-order valence-electron chi connectivity index (χ1n) is 8.22. The van der Waals surface area contributed by atoms with E-state index in [1.54, 1.807) is 12.1 Å². The number of benzene rings is 1. The summed E-state index contributed by atoms with van der Waals surface area (Å²) in [7, 11) is 0. The van der Waals surface area contributed by atoms with Gasteiger partial charge in [-0.15, -0.1) is 0 Å². The van der Waals surface area contributed by atoms with Crippen LogP contribution in [0.5, 0.6) is 5.75 Å². The van der Waals surface area contributed by atoms with Crippen molar-refractivity contribution >= 4 is 5.97 Å². The molecule has 0 unspecified atom stereocenters. The third kappa shape index (κ3) is 3.10. The number of carbonyl (C=O) groups is 1. The molecule has 0 radical (unpaired) electrons. The van der Waals surface area contributed by atoms with E-state index in [1.165, 1.54) is 12.8 Å². The maximum Gasteiger partial charge on any atom is 0.339 e. The molecule has 1 aromatic carbocycles. The summed E-state index contributed by atoms with van der Waals surface area (Å²) in [4.78, 5) is 22.5. The van der Waals surface area contributed by atoms with Crippen LogP contribution in [0.25, 0.3) is 0 Å². The summed E-state index contributed by atoms with van der Waals surface area (Å²) >= 11 is 0. The Morgan fingerprint density at radius 2 is 2.08 bits per heavy atom. The average Bonchev–Trinajstić information content (AvgIpc) is 3.41. The normalized spacial score (nSPS) is 17.7. The van der Waals surface area contributed by atoms with Gasteiger partial charge in [0.1, 0.15) is 23.7 Å². The van der Waals surface area contributed by atoms with Gasteiger partial charge < -0.3 is 9.84 Å². The quantitative estimate of drug-likeness (QED) is 0.930. The van der Waals surface area contributed by atoms with Crippen molar-refractivity contribution in [2.24, 2.45) is 0 Å². The SMILES string of the molecule is O=C(O)c1cccc2c1OCCN(Cc1cnc(C3CC3)nc1)C2. The summed E-state index contributed by atoms with van der Waals surface area (Å²) in [6, 6.07) is 5.27. The Labute approximate surface area is 140 Å². The second kappa shape index (κ2) is 6.20. The molecule has 1 fully saturated rings. The summed E-state index contributed by atoms with van der Waals surface area (Å²) in [5.74, 6) is 1.05. The highest BCUT2D eigenvalue weighted by Gasteiger charge is 2.26. The number of fused-ring (bicyclic) bond motifs is 1. The average molecular weight is 325 g/mol. The zero-order valence-corrected chi connectivity index (χ0v) is 13.3. The van der Waals surface area contributed by atoms with Crippen LogP contribution < -0.4 is 4.74 Å². The van der Waals surface area contributed by atoms with E-state index in [9.17, 15) is 9.90 Å². The molecule has 0 bridgehead atoms. The number of aromatic nitrogens is 2. The van der Waals surface area contributed by atoms with E-state index in [1.807, 2.05) is 18.5 Å². The van der Waals surface area contributed by atoms with Crippen molar-refractivity contribution < 1.29 is 14.6 Å². The minimum Gasteiger partial charge on any atom is -0.491 e. The van der Waals surface area contributed by atoms with Crippen LogP contribution in [0.2, 0.25) is 0 Å². The molecule has 1 aliphatic heterocycles. The second-order valence-electron chi connectivity index (χ2n) is 6.38. The van der Waals surface area contributed by atoms with Gasteiger partial charge in [0.2, 0.25) is 0 Å². The van der Waals surface area contributed by atoms with Gasteiger partial charge in [0.25, 0.3) is 0 Å². The number of nitrogens with zero attached hydrogens (tertiary/aromatic N) is 3. The fraction of sp³-hybridized carbons (Fsp3) is 0.389. The topological polar surface area (TPSA) is 75.6 Å². The molecule has 0 spiro atoms. The van der Waals surface area contributed by atoms with Crippen LogP contribution in [0, 0.1) is 0 Å². The fourth-order valence-electron chi connectivity index (χ4n) is 3.04. The molecule has 124 valence electrons. The van der Waals surface area contributed by atoms with Gasteiger partial charge >= 0.3 is 5.97 Å². The molecule has 1 aliphatic carbocycles. The summed E-state index contributed by atoms with van der Waals surface area (Å²) in [6.45, 7) is 2.59. The van der Waals surface area contributed by atoms with E-state index in [2.05, 4.69) is 14.9 Å². The highest BCUT2D eigenvalue weighted by Crippen LogP contribution is 2.37. The Morgan fingerprint density at radius 3 is 2.79 bits per heavy atom. The van der Waals surface area contributed by atoms with Gasteiger partial charge in [-0.1, -0.05) is 12.1 Å². The van der Waals surface area contributed by atoms with Gasteiger partial charge in [-0.25, -0.2) is 14.8 Å². The summed E-state index contributed by atoms with van der Waals surface area (Å²) in [6.07, 6.45) is 6.21. The van der Waals surface area contributed by atoms with Crippen LogP contribution in [-0.2, 0) is 13.1 Å². The minimum absolute atomic E-state index is 0.228. The van der Waals surface area contributed by atoms with E-state index in [0.29, 0.717) is 24.8 Å². The lowest BCUT2D eigenvalue weighted by molar-refractivity contribution is 0.0692. The molecule has 0 atom stereocenters. The molecule has 6 nitrogen and oxygen atoms in total. The standard InChI is InChI=1S/C18H19N3O3/c22-18(23)15-3-1-2-14-11-21(6-7-24-16(14)15)10-12-8-19-17(20-9-12)13-4-5-13/h1-3,8-9,13H,4-7,10-11H2,(H,22,23). The highest BCUT2D eigenvalue weighted by atomic mass is 16.5. The molecule has 1 N–H and O–H groups in total. The Balaban J connectivity index is 1.50. The van der Waals surface area contributed by atoms with Gasteiger partial charge in [0.15, 0.2) is 0 Å². The van der Waals surface area contributed by atoms with E-state index in [0.717, 1.165) is 30.0 Å². The zero-order valence-electron chi connectivity index (χ0n) is 13.3. The van der Waals surface area contributed by atoms with Gasteiger partial charge in [0.05, 0.1) is 0 Å². The van der Waals surface area contributed by atoms with Crippen LogP contribution in [-0.4, -0.2) is 39.1 Å². The predicted octanol–water partition coefficient (Wildman–Crippen LogP) is 2.45. The van der Waals surface area contributed by atoms with Gasteiger partial charge in [-0.2, -0.15) is 0 Å². The third-order valence-electron chi connectivity index (χ3n) is 4.45. The van der Waals surface area contributed by atoms with E-state index >= 15 is 0 Å². The fourth-order valence-corrected chi connectivity index (χ4v) is 3.04. The van der Waals surface area contributed by atoms with Gasteiger partial charge in [-0.05, 0) is 18.9 Å². The predicted molar refractivity (Wildman–Crippen MR) is 87.0 cm³/mol. The van der Waals surface area contributed by atoms with Crippen molar-refractivity contribution in [3.05, 3.63) is 53.1 Å². The largest absolute Gasteiger partial charge is 0.491 e. The maximum atomic E-state index is 11.3. The lowest BCUT2D eigenvalue weighted by atomic mass is 10.1. The van der Waals surface area contributed by atoms with Crippen molar-refractivity contribution in [2.45, 2.75) is 31.8 Å². The van der Waals surface area contributed by atoms with Crippen molar-refractivity contribution in [2.75, 3.05) is 13.2 Å². The Hall–Kier alpha value is -2.47. The van der Waals surface area contributed by atoms with Crippen LogP contribution in [0.3, 0.4) is 0 Å². The Bertz CT molecular complexity index is 757. The molecule has 1 saturated carbocycles. The van der Waals surface area contributed by atoms with E-state index < -0.39 is 5.97 Å². The van der Waals surface area contributed by atoms with Gasteiger partial charge in [0, 0.05) is 49.1 Å². The number of para-hydroxylation sites is 1. The maximum absolute atomic E-state index is 11.3. The Morgan fingerprint density at radius 1 is 1.29 bits per heavy atom. The molecule has 24 heavy (non-hydrogen) atoms. The molecule has 0 amide bonds. The van der Waals surface area contributed by atoms with Crippen molar-refractivity contribution in [3.63, 3.8) is 0 Å². The number of hydrogen-bond donors (Lipinski definition) is 1. The van der Waals surface area contributed by atoms with Crippen LogP contribution in [0.4, 0.5) is 0 Å². The zero-order chi connectivity index (χ0) is 16.5. The second-order valence-corrected chi connectivity index (χ2v) is 6.38. The van der Waals surface area contributed by atoms with Crippen molar-refractivity contribution in [1.29, 1.82) is 0 Å². The number of carboxylic acid groups (broad SMARTS) is 1.